The van der Waals surface area contributed by atoms with E-state index in [0.29, 0.717) is 5.75 Å². The normalized spacial score (nSPS) is 10.8. The van der Waals surface area contributed by atoms with Gasteiger partial charge in [0.25, 0.3) is 0 Å². The lowest BCUT2D eigenvalue weighted by Gasteiger charge is -1.97. The first kappa shape index (κ1) is 22.3. The molecule has 9 heteroatoms. The molecular formula is C15H17F3O4S2. The highest BCUT2D eigenvalue weighted by Crippen LogP contribution is 2.20. The second kappa shape index (κ2) is 10.2. The largest absolute Gasteiger partial charge is 0.522 e. The molecule has 0 spiro atoms. The van der Waals surface area contributed by atoms with Crippen LogP contribution in [0.5, 0.6) is 5.75 Å². The van der Waals surface area contributed by atoms with Gasteiger partial charge in [-0.2, -0.15) is 21.6 Å². The molecule has 0 heterocycles. The Balaban J connectivity index is 0.000000331. The number of benzene rings is 2. The molecule has 2 aromatic rings. The summed E-state index contributed by atoms with van der Waals surface area (Å²) in [6, 6.07) is 17.5. The minimum atomic E-state index is -5.84. The van der Waals surface area contributed by atoms with Crippen LogP contribution in [0, 0.1) is 6.92 Å². The highest BCUT2D eigenvalue weighted by Gasteiger charge is 2.44. The first-order chi connectivity index (χ1) is 11.0. The third-order valence-electron chi connectivity index (χ3n) is 2.27. The monoisotopic (exact) mass is 382 g/mol. The van der Waals surface area contributed by atoms with Crippen molar-refractivity contribution in [1.82, 2.24) is 0 Å². The second-order valence-electron chi connectivity index (χ2n) is 4.28. The summed E-state index contributed by atoms with van der Waals surface area (Å²) in [6.45, 7) is 1.94. The molecule has 0 aliphatic rings. The van der Waals surface area contributed by atoms with Crippen molar-refractivity contribution < 1.29 is 31.2 Å². The minimum Gasteiger partial charge on any atom is -0.508 e. The van der Waals surface area contributed by atoms with Gasteiger partial charge in [-0.25, -0.2) is 0 Å². The number of halogens is 3. The molecule has 2 N–H and O–H groups in total. The second-order valence-corrected chi connectivity index (χ2v) is 6.57. The topological polar surface area (TPSA) is 74.6 Å². The van der Waals surface area contributed by atoms with Crippen molar-refractivity contribution in [3.8, 4) is 5.75 Å². The molecule has 0 aromatic heterocycles. The Morgan fingerprint density at radius 2 is 1.50 bits per heavy atom. The zero-order chi connectivity index (χ0) is 18.8. The van der Waals surface area contributed by atoms with Crippen molar-refractivity contribution in [3.05, 3.63) is 60.2 Å². The summed E-state index contributed by atoms with van der Waals surface area (Å²) in [6.07, 6.45) is 2.08. The van der Waals surface area contributed by atoms with Crippen molar-refractivity contribution in [2.24, 2.45) is 0 Å². The fourth-order valence-electron chi connectivity index (χ4n) is 1.18. The van der Waals surface area contributed by atoms with Crippen LogP contribution < -0.4 is 0 Å². The van der Waals surface area contributed by atoms with Gasteiger partial charge in [0.15, 0.2) is 0 Å². The first-order valence-corrected chi connectivity index (χ1v) is 9.02. The number of thioether (sulfide) groups is 1. The summed E-state index contributed by atoms with van der Waals surface area (Å²) < 4.78 is 57.5. The zero-order valence-electron chi connectivity index (χ0n) is 12.9. The van der Waals surface area contributed by atoms with E-state index in [4.69, 9.17) is 18.1 Å². The van der Waals surface area contributed by atoms with Crippen LogP contribution in [-0.2, 0) is 10.1 Å². The maximum absolute atomic E-state index is 10.7. The molecule has 134 valence electrons. The van der Waals surface area contributed by atoms with Gasteiger partial charge in [-0.05, 0) is 43.0 Å². The summed E-state index contributed by atoms with van der Waals surface area (Å²) in [5, 5.41) is 8.81. The molecule has 0 unspecified atom stereocenters. The van der Waals surface area contributed by atoms with E-state index >= 15 is 0 Å². The van der Waals surface area contributed by atoms with E-state index in [1.165, 1.54) is 4.90 Å². The van der Waals surface area contributed by atoms with Gasteiger partial charge in [-0.1, -0.05) is 30.3 Å². The van der Waals surface area contributed by atoms with Crippen LogP contribution in [0.25, 0.3) is 0 Å². The van der Waals surface area contributed by atoms with Crippen LogP contribution in [0.4, 0.5) is 13.2 Å². The van der Waals surface area contributed by atoms with E-state index in [9.17, 15) is 13.2 Å². The lowest BCUT2D eigenvalue weighted by molar-refractivity contribution is -0.0510. The van der Waals surface area contributed by atoms with E-state index in [1.54, 1.807) is 23.9 Å². The summed E-state index contributed by atoms with van der Waals surface area (Å²) in [5.41, 5.74) is -4.45. The maximum Gasteiger partial charge on any atom is 0.522 e. The molecule has 0 aliphatic carbocycles. The number of hydrogen-bond acceptors (Lipinski definition) is 4. The fraction of sp³-hybridized carbons (Fsp3) is 0.200. The lowest BCUT2D eigenvalue weighted by atomic mass is 10.2. The van der Waals surface area contributed by atoms with E-state index in [0.717, 1.165) is 5.56 Å². The number of phenols is 1. The molecule has 0 saturated heterocycles. The Kier molecular flexibility index (Phi) is 9.49. The van der Waals surface area contributed by atoms with Crippen LogP contribution in [-0.4, -0.2) is 29.8 Å². The van der Waals surface area contributed by atoms with Crippen molar-refractivity contribution in [2.45, 2.75) is 17.3 Å². The van der Waals surface area contributed by atoms with Crippen molar-refractivity contribution >= 4 is 21.9 Å². The highest BCUT2D eigenvalue weighted by molar-refractivity contribution is 7.98. The molecule has 4 nitrogen and oxygen atoms in total. The summed E-state index contributed by atoms with van der Waals surface area (Å²) >= 11 is 1.77. The van der Waals surface area contributed by atoms with Gasteiger partial charge >= 0.3 is 15.6 Å². The molecule has 0 radical (unpaired) electrons. The first-order valence-electron chi connectivity index (χ1n) is 6.36. The van der Waals surface area contributed by atoms with Crippen molar-refractivity contribution in [3.63, 3.8) is 0 Å². The number of aryl methyl sites for hydroxylation is 1. The number of alkyl halides is 3. The standard InChI is InChI=1S/C7H8O.C7H8S.CHF3O3S/c1-6-3-2-4-7(8)5-6;1-8-7-5-3-2-4-6-7;2-1(3,4)8(5,6)7/h2-5,8H,1H3;2-6H,1H3;(H,5,6,7). The van der Waals surface area contributed by atoms with Crippen LogP contribution in [0.15, 0.2) is 59.5 Å². The lowest BCUT2D eigenvalue weighted by Crippen LogP contribution is -2.21. The molecule has 0 atom stereocenters. The highest BCUT2D eigenvalue weighted by atomic mass is 32.2. The number of aromatic hydroxyl groups is 1. The fourth-order valence-corrected chi connectivity index (χ4v) is 1.61. The van der Waals surface area contributed by atoms with E-state index in [1.807, 2.05) is 37.3 Å². The van der Waals surface area contributed by atoms with Crippen molar-refractivity contribution in [2.75, 3.05) is 6.26 Å². The Labute approximate surface area is 143 Å². The van der Waals surface area contributed by atoms with Gasteiger partial charge in [-0.15, -0.1) is 11.8 Å². The summed E-state index contributed by atoms with van der Waals surface area (Å²) in [7, 11) is -5.84. The molecule has 0 fully saturated rings. The molecule has 0 amide bonds. The minimum absolute atomic E-state index is 0.338. The van der Waals surface area contributed by atoms with E-state index in [-0.39, 0.29) is 0 Å². The van der Waals surface area contributed by atoms with Gasteiger partial charge in [0.2, 0.25) is 0 Å². The third kappa shape index (κ3) is 10.1. The molecule has 0 bridgehead atoms. The van der Waals surface area contributed by atoms with E-state index in [2.05, 4.69) is 18.4 Å². The third-order valence-corrected chi connectivity index (χ3v) is 3.60. The Hall–Kier alpha value is -1.71. The van der Waals surface area contributed by atoms with E-state index < -0.39 is 15.6 Å². The van der Waals surface area contributed by atoms with Crippen LogP contribution in [0.1, 0.15) is 5.56 Å². The van der Waals surface area contributed by atoms with Crippen molar-refractivity contribution in [1.29, 1.82) is 0 Å². The molecule has 24 heavy (non-hydrogen) atoms. The number of phenolic OH excluding ortho intramolecular Hbond substituents is 1. The average molecular weight is 382 g/mol. The predicted molar refractivity (Wildman–Crippen MR) is 88.7 cm³/mol. The predicted octanol–water partition coefficient (Wildman–Crippen LogP) is 4.50. The molecular weight excluding hydrogens is 365 g/mol. The van der Waals surface area contributed by atoms with Gasteiger partial charge in [0, 0.05) is 4.90 Å². The molecule has 2 aromatic carbocycles. The smallest absolute Gasteiger partial charge is 0.508 e. The Bertz CT molecular complexity index is 685. The molecule has 2 rings (SSSR count). The summed E-state index contributed by atoms with van der Waals surface area (Å²) in [5.74, 6) is 0.338. The molecule has 0 saturated carbocycles. The maximum atomic E-state index is 10.7. The molecule has 0 aliphatic heterocycles. The van der Waals surface area contributed by atoms with Gasteiger partial charge < -0.3 is 5.11 Å². The quantitative estimate of drug-likeness (QED) is 0.431. The zero-order valence-corrected chi connectivity index (χ0v) is 14.5. The Morgan fingerprint density at radius 3 is 1.75 bits per heavy atom. The average Bonchev–Trinajstić information content (AvgIpc) is 2.47. The Morgan fingerprint density at radius 1 is 1.00 bits per heavy atom. The van der Waals surface area contributed by atoms with Gasteiger partial charge in [-0.3, -0.25) is 4.55 Å². The van der Waals surface area contributed by atoms with Crippen LogP contribution >= 0.6 is 11.8 Å². The van der Waals surface area contributed by atoms with Gasteiger partial charge in [0.05, 0.1) is 0 Å². The van der Waals surface area contributed by atoms with Crippen LogP contribution in [0.3, 0.4) is 0 Å². The van der Waals surface area contributed by atoms with Gasteiger partial charge in [0.1, 0.15) is 5.75 Å². The SMILES string of the molecule is CSc1ccccc1.Cc1cccc(O)c1.O=S(=O)(O)C(F)(F)F. The van der Waals surface area contributed by atoms with Crippen LogP contribution in [0.2, 0.25) is 0 Å². The summed E-state index contributed by atoms with van der Waals surface area (Å²) in [4.78, 5) is 1.33. The number of rotatable bonds is 1. The number of hydrogen-bond donors (Lipinski definition) is 2.